The van der Waals surface area contributed by atoms with Crippen molar-refractivity contribution < 1.29 is 13.9 Å². The summed E-state index contributed by atoms with van der Waals surface area (Å²) in [6, 6.07) is 4.73. The van der Waals surface area contributed by atoms with E-state index in [4.69, 9.17) is 22.1 Å². The maximum atomic E-state index is 14.3. The third-order valence-electron chi connectivity index (χ3n) is 4.55. The summed E-state index contributed by atoms with van der Waals surface area (Å²) in [6.07, 6.45) is 1.76. The van der Waals surface area contributed by atoms with Crippen LogP contribution in [-0.2, 0) is 21.5 Å². The van der Waals surface area contributed by atoms with Gasteiger partial charge in [0.15, 0.2) is 0 Å². The van der Waals surface area contributed by atoms with E-state index in [1.807, 2.05) is 0 Å². The van der Waals surface area contributed by atoms with Crippen molar-refractivity contribution in [1.29, 1.82) is 0 Å². The fourth-order valence-electron chi connectivity index (χ4n) is 3.13. The maximum absolute atomic E-state index is 14.3. The van der Waals surface area contributed by atoms with Crippen molar-refractivity contribution in [2.45, 2.75) is 37.1 Å². The van der Waals surface area contributed by atoms with E-state index in [0.717, 1.165) is 18.4 Å². The van der Waals surface area contributed by atoms with Crippen molar-refractivity contribution in [3.8, 4) is 0 Å². The van der Waals surface area contributed by atoms with Gasteiger partial charge in [-0.15, -0.1) is 11.6 Å². The number of benzene rings is 1. The summed E-state index contributed by atoms with van der Waals surface area (Å²) >= 11 is 5.93. The number of rotatable bonds is 4. The molecule has 6 heteroatoms. The van der Waals surface area contributed by atoms with Crippen molar-refractivity contribution in [3.05, 3.63) is 35.1 Å². The van der Waals surface area contributed by atoms with Gasteiger partial charge in [0.1, 0.15) is 29.6 Å². The number of halogens is 2. The van der Waals surface area contributed by atoms with Crippen LogP contribution < -0.4 is 5.73 Å². The topological polar surface area (TPSA) is 64.7 Å². The molecule has 1 fully saturated rings. The van der Waals surface area contributed by atoms with Crippen molar-refractivity contribution in [2.75, 3.05) is 13.2 Å². The van der Waals surface area contributed by atoms with Crippen LogP contribution in [0.2, 0.25) is 0 Å². The van der Waals surface area contributed by atoms with Crippen LogP contribution >= 0.6 is 11.6 Å². The first-order chi connectivity index (χ1) is 10.9. The summed E-state index contributed by atoms with van der Waals surface area (Å²) in [5.74, 6) is 0.179. The van der Waals surface area contributed by atoms with Crippen molar-refractivity contribution in [1.82, 2.24) is 0 Å². The highest BCUT2D eigenvalue weighted by Gasteiger charge is 2.34. The van der Waals surface area contributed by atoms with Crippen molar-refractivity contribution >= 4 is 23.2 Å². The van der Waals surface area contributed by atoms with E-state index in [9.17, 15) is 9.18 Å². The van der Waals surface area contributed by atoms with Gasteiger partial charge in [0, 0.05) is 23.3 Å². The normalized spacial score (nSPS) is 30.5. The Kier molecular flexibility index (Phi) is 4.43. The van der Waals surface area contributed by atoms with Gasteiger partial charge in [0.2, 0.25) is 0 Å². The number of hydrogen-bond donors (Lipinski definition) is 1. The molecule has 4 nitrogen and oxygen atoms in total. The molecular weight excluding hydrogens is 319 g/mol. The highest BCUT2D eigenvalue weighted by molar-refractivity contribution is 6.21. The first kappa shape index (κ1) is 16.4. The first-order valence-corrected chi connectivity index (χ1v) is 8.18. The van der Waals surface area contributed by atoms with Crippen LogP contribution in [-0.4, -0.2) is 30.2 Å². The molecule has 1 aliphatic carbocycles. The molecule has 0 spiro atoms. The van der Waals surface area contributed by atoms with E-state index in [2.05, 4.69) is 4.99 Å². The Balaban J connectivity index is 1.82. The van der Waals surface area contributed by atoms with Gasteiger partial charge in [0.05, 0.1) is 6.61 Å². The van der Waals surface area contributed by atoms with Crippen LogP contribution in [0.5, 0.6) is 0 Å². The van der Waals surface area contributed by atoms with Crippen LogP contribution in [0.1, 0.15) is 30.9 Å². The third kappa shape index (κ3) is 3.40. The van der Waals surface area contributed by atoms with E-state index < -0.39 is 5.54 Å². The van der Waals surface area contributed by atoms with Crippen molar-refractivity contribution in [3.63, 3.8) is 0 Å². The molecule has 0 bridgehead atoms. The Bertz CT molecular complexity index is 658. The van der Waals surface area contributed by atoms with Gasteiger partial charge in [-0.05, 0) is 37.5 Å². The van der Waals surface area contributed by atoms with Gasteiger partial charge < -0.3 is 10.5 Å². The monoisotopic (exact) mass is 338 g/mol. The Labute approximate surface area is 139 Å². The predicted molar refractivity (Wildman–Crippen MR) is 87.3 cm³/mol. The summed E-state index contributed by atoms with van der Waals surface area (Å²) in [4.78, 5) is 16.6. The average molecular weight is 339 g/mol. The summed E-state index contributed by atoms with van der Waals surface area (Å²) < 4.78 is 19.7. The third-order valence-corrected chi connectivity index (χ3v) is 4.91. The molecule has 23 heavy (non-hydrogen) atoms. The zero-order valence-corrected chi connectivity index (χ0v) is 13.8. The number of carbonyl (C=O) groups is 1. The number of alkyl halides is 1. The summed E-state index contributed by atoms with van der Waals surface area (Å²) in [5, 5.41) is 0.114. The largest absolute Gasteiger partial charge is 0.386 e. The zero-order valence-electron chi connectivity index (χ0n) is 13.0. The Morgan fingerprint density at radius 2 is 2.26 bits per heavy atom. The molecule has 1 saturated carbocycles. The Hall–Kier alpha value is -1.46. The average Bonchev–Trinajstić information content (AvgIpc) is 2.45. The summed E-state index contributed by atoms with van der Waals surface area (Å²) in [6.45, 7) is 2.31. The number of ketones is 1. The number of aliphatic imine (C=N–C) groups is 1. The standard InChI is InChI=1S/C17H20ClFN2O2/c1-17(9-23-8-16(20)21-17)13-4-10(2-3-14(13)19)5-15(22)11-6-12(18)7-11/h2-4,11-12H,5-9H2,1H3,(H2,20,21)/t11?,12?,17-/m0/s1. The van der Waals surface area contributed by atoms with Gasteiger partial charge in [-0.3, -0.25) is 9.79 Å². The molecule has 2 N–H and O–H groups in total. The van der Waals surface area contributed by atoms with Gasteiger partial charge in [-0.25, -0.2) is 4.39 Å². The maximum Gasteiger partial charge on any atom is 0.140 e. The van der Waals surface area contributed by atoms with Gasteiger partial charge >= 0.3 is 0 Å². The molecule has 1 aliphatic heterocycles. The number of nitrogens with zero attached hydrogens (tertiary/aromatic N) is 1. The lowest BCUT2D eigenvalue weighted by atomic mass is 9.79. The number of amidine groups is 1. The van der Waals surface area contributed by atoms with Crippen LogP contribution in [0.3, 0.4) is 0 Å². The highest BCUT2D eigenvalue weighted by atomic mass is 35.5. The molecule has 1 aromatic rings. The number of Topliss-reactive ketones (excluding diaryl/α,β-unsaturated/α-hetero) is 1. The molecule has 0 unspecified atom stereocenters. The SMILES string of the molecule is C[C@@]1(c2cc(CC(=O)C3CC(Cl)C3)ccc2F)COCC(N)=N1. The van der Waals surface area contributed by atoms with Crippen LogP contribution in [0, 0.1) is 11.7 Å². The minimum Gasteiger partial charge on any atom is -0.386 e. The molecule has 0 amide bonds. The molecule has 0 saturated heterocycles. The zero-order chi connectivity index (χ0) is 16.6. The predicted octanol–water partition coefficient (Wildman–Crippen LogP) is 2.56. The van der Waals surface area contributed by atoms with Crippen LogP contribution in [0.15, 0.2) is 23.2 Å². The lowest BCUT2D eigenvalue weighted by molar-refractivity contribution is -0.124. The number of ether oxygens (including phenoxy) is 1. The van der Waals surface area contributed by atoms with Crippen molar-refractivity contribution in [2.24, 2.45) is 16.6 Å². The molecule has 1 aromatic carbocycles. The first-order valence-electron chi connectivity index (χ1n) is 7.75. The van der Waals surface area contributed by atoms with E-state index >= 15 is 0 Å². The smallest absolute Gasteiger partial charge is 0.140 e. The van der Waals surface area contributed by atoms with Crippen LogP contribution in [0.25, 0.3) is 0 Å². The lowest BCUT2D eigenvalue weighted by Gasteiger charge is -2.31. The molecule has 2 aliphatic rings. The minimum absolute atomic E-state index is 0.0354. The van der Waals surface area contributed by atoms with Crippen LogP contribution in [0.4, 0.5) is 4.39 Å². The fourth-order valence-corrected chi connectivity index (χ4v) is 3.56. The molecule has 0 aromatic heterocycles. The van der Waals surface area contributed by atoms with E-state index in [-0.39, 0.29) is 42.5 Å². The molecular formula is C17H20ClFN2O2. The van der Waals surface area contributed by atoms with E-state index in [1.165, 1.54) is 6.07 Å². The minimum atomic E-state index is -0.858. The molecule has 1 atom stereocenters. The number of nitrogens with two attached hydrogens (primary N) is 1. The molecule has 1 heterocycles. The second kappa shape index (κ2) is 6.21. The van der Waals surface area contributed by atoms with Gasteiger partial charge in [-0.1, -0.05) is 6.07 Å². The van der Waals surface area contributed by atoms with E-state index in [0.29, 0.717) is 11.4 Å². The number of carbonyl (C=O) groups excluding carboxylic acids is 1. The number of hydrogen-bond acceptors (Lipinski definition) is 4. The molecule has 3 rings (SSSR count). The Morgan fingerprint density at radius 3 is 2.91 bits per heavy atom. The quantitative estimate of drug-likeness (QED) is 0.858. The molecule has 124 valence electrons. The second-order valence-electron chi connectivity index (χ2n) is 6.59. The van der Waals surface area contributed by atoms with E-state index in [1.54, 1.807) is 19.1 Å². The fraction of sp³-hybridized carbons (Fsp3) is 0.529. The molecule has 0 radical (unpaired) electrons. The second-order valence-corrected chi connectivity index (χ2v) is 7.21. The highest BCUT2D eigenvalue weighted by Crippen LogP contribution is 2.34. The van der Waals surface area contributed by atoms with Gasteiger partial charge in [-0.2, -0.15) is 0 Å². The Morgan fingerprint density at radius 1 is 1.52 bits per heavy atom. The lowest BCUT2D eigenvalue weighted by Crippen LogP contribution is -2.38. The summed E-state index contributed by atoms with van der Waals surface area (Å²) in [7, 11) is 0. The summed E-state index contributed by atoms with van der Waals surface area (Å²) in [5.41, 5.74) is 6.07. The van der Waals surface area contributed by atoms with Gasteiger partial charge in [0.25, 0.3) is 0 Å².